The van der Waals surface area contributed by atoms with Crippen LogP contribution in [0.4, 0.5) is 17.6 Å². The fourth-order valence-electron chi connectivity index (χ4n) is 2.32. The summed E-state index contributed by atoms with van der Waals surface area (Å²) in [5, 5.41) is 0. The molecule has 6 heteroatoms. The van der Waals surface area contributed by atoms with E-state index in [1.807, 2.05) is 37.3 Å². The molecule has 0 bridgehead atoms. The van der Waals surface area contributed by atoms with Crippen LogP contribution < -0.4 is 5.46 Å². The zero-order chi connectivity index (χ0) is 17.0. The first-order chi connectivity index (χ1) is 11.0. The molecule has 1 aliphatic carbocycles. The Hall–Kier alpha value is -1.97. The van der Waals surface area contributed by atoms with Crippen molar-refractivity contribution in [2.24, 2.45) is 0 Å². The second-order valence-electron chi connectivity index (χ2n) is 5.11. The summed E-state index contributed by atoms with van der Waals surface area (Å²) in [5.74, 6) is -5.80. The third kappa shape index (κ3) is 3.69. The Bertz CT molecular complexity index is 676. The fraction of sp³-hybridized carbons (Fsp3) is 0.176. The molecule has 1 aliphatic rings. The maximum absolute atomic E-state index is 13.9. The summed E-state index contributed by atoms with van der Waals surface area (Å²) >= 11 is 0. The minimum absolute atomic E-state index is 0.0898. The molecule has 116 valence electrons. The van der Waals surface area contributed by atoms with E-state index < -0.39 is 34.3 Å². The van der Waals surface area contributed by atoms with Crippen molar-refractivity contribution in [1.82, 2.24) is 0 Å². The summed E-state index contributed by atoms with van der Waals surface area (Å²) in [7, 11) is 2.60. The number of benzene rings is 1. The van der Waals surface area contributed by atoms with E-state index in [4.69, 9.17) is 0 Å². The Morgan fingerprint density at radius 2 is 1.78 bits per heavy atom. The lowest BCUT2D eigenvalue weighted by Crippen LogP contribution is -2.32. The first kappa shape index (κ1) is 17.4. The van der Waals surface area contributed by atoms with Crippen molar-refractivity contribution in [2.45, 2.75) is 19.2 Å². The van der Waals surface area contributed by atoms with Gasteiger partial charge in [0, 0.05) is 0 Å². The minimum atomic E-state index is -1.44. The molecule has 1 atom stereocenters. The molecule has 0 saturated heterocycles. The molecule has 0 aliphatic heterocycles. The Morgan fingerprint density at radius 1 is 1.13 bits per heavy atom. The van der Waals surface area contributed by atoms with E-state index in [0.29, 0.717) is 6.42 Å². The first-order valence-corrected chi connectivity index (χ1v) is 7.17. The van der Waals surface area contributed by atoms with Crippen LogP contribution in [-0.2, 0) is 0 Å². The molecular formula is C17H14B2F4. The third-order valence-corrected chi connectivity index (χ3v) is 3.57. The number of hydrogen-bond acceptors (Lipinski definition) is 0. The highest BCUT2D eigenvalue weighted by molar-refractivity contribution is 7.08. The fourth-order valence-corrected chi connectivity index (χ4v) is 2.32. The molecule has 0 amide bonds. The third-order valence-electron chi connectivity index (χ3n) is 3.57. The van der Waals surface area contributed by atoms with Gasteiger partial charge in [0.25, 0.3) is 0 Å². The van der Waals surface area contributed by atoms with Gasteiger partial charge in [-0.25, -0.2) is 17.6 Å². The van der Waals surface area contributed by atoms with E-state index in [-0.39, 0.29) is 5.82 Å². The molecule has 1 unspecified atom stereocenters. The molecule has 2 rings (SSSR count). The van der Waals surface area contributed by atoms with E-state index in [2.05, 4.69) is 6.58 Å². The van der Waals surface area contributed by atoms with Crippen molar-refractivity contribution in [3.8, 4) is 0 Å². The van der Waals surface area contributed by atoms with Gasteiger partial charge in [-0.3, -0.25) is 0 Å². The van der Waals surface area contributed by atoms with Crippen molar-refractivity contribution in [2.75, 3.05) is 0 Å². The number of allylic oxidation sites excluding steroid dienone is 6. The van der Waals surface area contributed by atoms with Crippen molar-refractivity contribution in [3.63, 3.8) is 0 Å². The lowest BCUT2D eigenvalue weighted by Gasteiger charge is -2.15. The van der Waals surface area contributed by atoms with Gasteiger partial charge in [-0.15, -0.1) is 0 Å². The quantitative estimate of drug-likeness (QED) is 0.436. The summed E-state index contributed by atoms with van der Waals surface area (Å²) in [6.45, 7) is 5.06. The molecule has 0 spiro atoms. The minimum Gasteiger partial charge on any atom is -0.204 e. The zero-order valence-corrected chi connectivity index (χ0v) is 12.6. The van der Waals surface area contributed by atoms with Gasteiger partial charge in [0.15, 0.2) is 23.3 Å². The molecule has 2 radical (unpaired) electrons. The molecule has 1 aromatic carbocycles. The van der Waals surface area contributed by atoms with Crippen LogP contribution >= 0.6 is 0 Å². The van der Waals surface area contributed by atoms with Gasteiger partial charge in [0.05, 0.1) is 12.7 Å². The summed E-state index contributed by atoms with van der Waals surface area (Å²) < 4.78 is 55.1. The van der Waals surface area contributed by atoms with Gasteiger partial charge in [-0.1, -0.05) is 48.9 Å². The van der Waals surface area contributed by atoms with Crippen LogP contribution in [0.3, 0.4) is 0 Å². The average molecular weight is 316 g/mol. The highest BCUT2D eigenvalue weighted by Gasteiger charge is 2.24. The van der Waals surface area contributed by atoms with E-state index in [1.165, 1.54) is 7.17 Å². The van der Waals surface area contributed by atoms with Crippen LogP contribution in [-0.4, -0.2) is 14.3 Å². The van der Waals surface area contributed by atoms with Gasteiger partial charge in [-0.2, -0.15) is 0 Å². The predicted octanol–water partition coefficient (Wildman–Crippen LogP) is 4.09. The SMILES string of the molecule is C=Cc1c(F)c(F)c([B][B]C2C=CC(/C=C/C)=CC2)c(F)c1F. The smallest absolute Gasteiger partial charge is 0.168 e. The summed E-state index contributed by atoms with van der Waals surface area (Å²) in [6.07, 6.45) is 11.0. The van der Waals surface area contributed by atoms with Crippen molar-refractivity contribution in [3.05, 3.63) is 71.4 Å². The Labute approximate surface area is 134 Å². The van der Waals surface area contributed by atoms with Crippen LogP contribution in [0.25, 0.3) is 6.08 Å². The largest absolute Gasteiger partial charge is 0.204 e. The highest BCUT2D eigenvalue weighted by Crippen LogP contribution is 2.22. The predicted molar refractivity (Wildman–Crippen MR) is 87.9 cm³/mol. The Kier molecular flexibility index (Phi) is 5.69. The van der Waals surface area contributed by atoms with Gasteiger partial charge in [0.2, 0.25) is 0 Å². The zero-order valence-electron chi connectivity index (χ0n) is 12.6. The molecule has 0 aromatic heterocycles. The second-order valence-corrected chi connectivity index (χ2v) is 5.11. The molecule has 1 aromatic rings. The summed E-state index contributed by atoms with van der Waals surface area (Å²) in [4.78, 5) is 0. The lowest BCUT2D eigenvalue weighted by molar-refractivity contribution is 0.460. The average Bonchev–Trinajstić information content (AvgIpc) is 2.55. The molecular weight excluding hydrogens is 302 g/mol. The van der Waals surface area contributed by atoms with Gasteiger partial charge in [0.1, 0.15) is 7.17 Å². The Balaban J connectivity index is 2.14. The van der Waals surface area contributed by atoms with Crippen molar-refractivity contribution < 1.29 is 17.6 Å². The second kappa shape index (κ2) is 7.53. The van der Waals surface area contributed by atoms with Crippen LogP contribution in [0.15, 0.2) is 42.5 Å². The van der Waals surface area contributed by atoms with Gasteiger partial charge >= 0.3 is 0 Å². The van der Waals surface area contributed by atoms with Crippen LogP contribution in [0.1, 0.15) is 18.9 Å². The molecule has 0 saturated carbocycles. The van der Waals surface area contributed by atoms with Crippen molar-refractivity contribution >= 4 is 25.9 Å². The van der Waals surface area contributed by atoms with E-state index in [1.54, 1.807) is 0 Å². The normalized spacial score (nSPS) is 17.3. The maximum Gasteiger partial charge on any atom is 0.168 e. The highest BCUT2D eigenvalue weighted by atomic mass is 19.2. The van der Waals surface area contributed by atoms with E-state index >= 15 is 0 Å². The molecule has 23 heavy (non-hydrogen) atoms. The van der Waals surface area contributed by atoms with E-state index in [0.717, 1.165) is 18.8 Å². The van der Waals surface area contributed by atoms with Crippen molar-refractivity contribution in [1.29, 1.82) is 0 Å². The molecule has 0 heterocycles. The van der Waals surface area contributed by atoms with Crippen LogP contribution in [0, 0.1) is 23.3 Å². The maximum atomic E-state index is 13.9. The molecule has 0 fully saturated rings. The van der Waals surface area contributed by atoms with E-state index in [9.17, 15) is 17.6 Å². The van der Waals surface area contributed by atoms with Crippen LogP contribution in [0.5, 0.6) is 0 Å². The standard InChI is InChI=1S/C17H14B2F4/c1-3-5-10-6-8-11(9-7-10)18-19-13-16(22)14(20)12(4-2)15(21)17(13)23/h3-8,11H,2,9H2,1H3/b5-3+. The summed E-state index contributed by atoms with van der Waals surface area (Å²) in [5.41, 5.74) is -0.474. The lowest BCUT2D eigenvalue weighted by atomic mass is 9.31. The monoisotopic (exact) mass is 316 g/mol. The van der Waals surface area contributed by atoms with Gasteiger partial charge < -0.3 is 0 Å². The number of rotatable bonds is 5. The first-order valence-electron chi connectivity index (χ1n) is 7.17. The van der Waals surface area contributed by atoms with Crippen LogP contribution in [0.2, 0.25) is 5.82 Å². The number of hydrogen-bond donors (Lipinski definition) is 0. The summed E-state index contributed by atoms with van der Waals surface area (Å²) in [6, 6.07) is 0. The Morgan fingerprint density at radius 3 is 2.26 bits per heavy atom. The molecule has 0 nitrogen and oxygen atoms in total. The topological polar surface area (TPSA) is 0 Å². The molecule has 0 N–H and O–H groups in total. The van der Waals surface area contributed by atoms with Gasteiger partial charge in [-0.05, 0) is 24.4 Å². The number of halogens is 4.